The minimum Gasteiger partial charge on any atom is -0.329 e. The Kier molecular flexibility index (Phi) is 3.97. The summed E-state index contributed by atoms with van der Waals surface area (Å²) in [6.07, 6.45) is -1.79. The number of hydrogen-bond donors (Lipinski definition) is 1. The number of rotatable bonds is 4. The normalized spacial score (nSPS) is 11.3. The monoisotopic (exact) mass is 286 g/mol. The van der Waals surface area contributed by atoms with E-state index in [0.29, 0.717) is 5.69 Å². The van der Waals surface area contributed by atoms with Gasteiger partial charge >= 0.3 is 12.1 Å². The third-order valence-corrected chi connectivity index (χ3v) is 2.23. The van der Waals surface area contributed by atoms with E-state index in [1.807, 2.05) is 0 Å². The zero-order valence-corrected chi connectivity index (χ0v) is 10.0. The zero-order chi connectivity index (χ0) is 14.6. The largest absolute Gasteiger partial charge is 0.471 e. The van der Waals surface area contributed by atoms with E-state index in [4.69, 9.17) is 0 Å². The van der Waals surface area contributed by atoms with Crippen LogP contribution in [0.4, 0.5) is 18.9 Å². The van der Waals surface area contributed by atoms with Crippen molar-refractivity contribution in [3.05, 3.63) is 36.2 Å². The van der Waals surface area contributed by atoms with Crippen LogP contribution in [0.15, 0.2) is 29.0 Å². The molecular weight excluding hydrogens is 277 g/mol. The summed E-state index contributed by atoms with van der Waals surface area (Å²) in [6, 6.07) is 3.28. The number of alkyl halides is 3. The summed E-state index contributed by atoms with van der Waals surface area (Å²) < 4.78 is 40.7. The van der Waals surface area contributed by atoms with Gasteiger partial charge < -0.3 is 9.84 Å². The third kappa shape index (κ3) is 3.77. The van der Waals surface area contributed by atoms with Gasteiger partial charge in [0.2, 0.25) is 5.91 Å². The molecule has 1 amide bonds. The first kappa shape index (κ1) is 14.0. The molecule has 9 heteroatoms. The molecule has 0 unspecified atom stereocenters. The van der Waals surface area contributed by atoms with Crippen LogP contribution in [-0.2, 0) is 17.4 Å². The average Bonchev–Trinajstić information content (AvgIpc) is 2.86. The molecule has 106 valence electrons. The molecule has 2 aromatic rings. The number of anilines is 1. The number of carbonyl (C=O) groups excluding carboxylic acids is 1. The quantitative estimate of drug-likeness (QED) is 0.930. The van der Waals surface area contributed by atoms with E-state index in [-0.39, 0.29) is 24.6 Å². The Balaban J connectivity index is 1.86. The smallest absolute Gasteiger partial charge is 0.329 e. The number of aryl methyl sites for hydroxylation is 1. The fourth-order valence-electron chi connectivity index (χ4n) is 1.36. The SMILES string of the molecule is O=C(CCc1noc(C(F)(F)F)n1)Nc1cccnc1. The predicted octanol–water partition coefficient (Wildman–Crippen LogP) is 2.05. The molecular formula is C11H9F3N4O2. The molecule has 0 fully saturated rings. The van der Waals surface area contributed by atoms with Crippen LogP contribution < -0.4 is 5.32 Å². The number of pyridine rings is 1. The van der Waals surface area contributed by atoms with Crippen molar-refractivity contribution in [1.82, 2.24) is 15.1 Å². The number of aromatic nitrogens is 3. The zero-order valence-electron chi connectivity index (χ0n) is 10.0. The van der Waals surface area contributed by atoms with Crippen molar-refractivity contribution in [2.24, 2.45) is 0 Å². The second-order valence-electron chi connectivity index (χ2n) is 3.80. The molecule has 2 rings (SSSR count). The van der Waals surface area contributed by atoms with E-state index in [1.165, 1.54) is 6.20 Å². The third-order valence-electron chi connectivity index (χ3n) is 2.23. The van der Waals surface area contributed by atoms with Crippen LogP contribution in [0, 0.1) is 0 Å². The molecule has 0 atom stereocenters. The summed E-state index contributed by atoms with van der Waals surface area (Å²) in [7, 11) is 0. The molecule has 2 aromatic heterocycles. The van der Waals surface area contributed by atoms with Crippen molar-refractivity contribution in [2.75, 3.05) is 5.32 Å². The van der Waals surface area contributed by atoms with E-state index in [9.17, 15) is 18.0 Å². The van der Waals surface area contributed by atoms with Crippen LogP contribution in [-0.4, -0.2) is 21.0 Å². The number of carbonyl (C=O) groups is 1. The van der Waals surface area contributed by atoms with Gasteiger partial charge in [-0.25, -0.2) is 0 Å². The van der Waals surface area contributed by atoms with E-state index in [0.717, 1.165) is 0 Å². The summed E-state index contributed by atoms with van der Waals surface area (Å²) in [5.74, 6) is -1.96. The molecule has 0 aliphatic heterocycles. The molecule has 0 saturated heterocycles. The summed E-state index contributed by atoms with van der Waals surface area (Å²) in [5.41, 5.74) is 0.501. The van der Waals surface area contributed by atoms with Crippen LogP contribution in [0.1, 0.15) is 18.1 Å². The van der Waals surface area contributed by atoms with E-state index in [1.54, 1.807) is 18.3 Å². The van der Waals surface area contributed by atoms with Gasteiger partial charge in [0.1, 0.15) is 0 Å². The minimum atomic E-state index is -4.68. The Morgan fingerprint density at radius 2 is 2.20 bits per heavy atom. The van der Waals surface area contributed by atoms with Crippen molar-refractivity contribution >= 4 is 11.6 Å². The van der Waals surface area contributed by atoms with Gasteiger partial charge in [0.05, 0.1) is 11.9 Å². The van der Waals surface area contributed by atoms with Crippen molar-refractivity contribution in [2.45, 2.75) is 19.0 Å². The average molecular weight is 286 g/mol. The van der Waals surface area contributed by atoms with Crippen LogP contribution in [0.2, 0.25) is 0 Å². The number of halogens is 3. The molecule has 0 spiro atoms. The highest BCUT2D eigenvalue weighted by atomic mass is 19.4. The molecule has 0 saturated carbocycles. The summed E-state index contributed by atoms with van der Waals surface area (Å²) in [5, 5.41) is 5.70. The van der Waals surface area contributed by atoms with Gasteiger partial charge in [-0.1, -0.05) is 5.16 Å². The summed E-state index contributed by atoms with van der Waals surface area (Å²) in [4.78, 5) is 18.5. The van der Waals surface area contributed by atoms with E-state index in [2.05, 4.69) is 25.0 Å². The van der Waals surface area contributed by atoms with Gasteiger partial charge in [-0.15, -0.1) is 0 Å². The number of amides is 1. The van der Waals surface area contributed by atoms with Crippen molar-refractivity contribution in [3.63, 3.8) is 0 Å². The summed E-state index contributed by atoms with van der Waals surface area (Å²) >= 11 is 0. The maximum Gasteiger partial charge on any atom is 0.471 e. The molecule has 20 heavy (non-hydrogen) atoms. The second-order valence-corrected chi connectivity index (χ2v) is 3.80. The molecule has 0 aromatic carbocycles. The Morgan fingerprint density at radius 1 is 1.40 bits per heavy atom. The van der Waals surface area contributed by atoms with Gasteiger partial charge in [-0.3, -0.25) is 9.78 Å². The lowest BCUT2D eigenvalue weighted by molar-refractivity contribution is -0.159. The van der Waals surface area contributed by atoms with Gasteiger partial charge in [0.15, 0.2) is 5.82 Å². The van der Waals surface area contributed by atoms with E-state index < -0.39 is 12.1 Å². The minimum absolute atomic E-state index is 0.0499. The molecule has 6 nitrogen and oxygen atoms in total. The number of hydrogen-bond acceptors (Lipinski definition) is 5. The van der Waals surface area contributed by atoms with Gasteiger partial charge in [-0.05, 0) is 12.1 Å². The van der Waals surface area contributed by atoms with Crippen LogP contribution in [0.5, 0.6) is 0 Å². The topological polar surface area (TPSA) is 80.9 Å². The predicted molar refractivity (Wildman–Crippen MR) is 60.5 cm³/mol. The molecule has 1 N–H and O–H groups in total. The maximum absolute atomic E-state index is 12.2. The number of nitrogens with one attached hydrogen (secondary N) is 1. The highest BCUT2D eigenvalue weighted by Crippen LogP contribution is 2.27. The Hall–Kier alpha value is -2.45. The Morgan fingerprint density at radius 3 is 2.80 bits per heavy atom. The Labute approximate surface area is 111 Å². The van der Waals surface area contributed by atoms with Crippen molar-refractivity contribution < 1.29 is 22.5 Å². The lowest BCUT2D eigenvalue weighted by Gasteiger charge is -2.02. The highest BCUT2D eigenvalue weighted by molar-refractivity contribution is 5.90. The van der Waals surface area contributed by atoms with Crippen LogP contribution in [0.3, 0.4) is 0 Å². The summed E-state index contributed by atoms with van der Waals surface area (Å²) in [6.45, 7) is 0. The van der Waals surface area contributed by atoms with Crippen LogP contribution >= 0.6 is 0 Å². The highest BCUT2D eigenvalue weighted by Gasteiger charge is 2.38. The van der Waals surface area contributed by atoms with Gasteiger partial charge in [0.25, 0.3) is 0 Å². The maximum atomic E-state index is 12.2. The van der Waals surface area contributed by atoms with E-state index >= 15 is 0 Å². The molecule has 0 radical (unpaired) electrons. The molecule has 0 aliphatic carbocycles. The van der Waals surface area contributed by atoms with Crippen molar-refractivity contribution in [1.29, 1.82) is 0 Å². The first-order valence-corrected chi connectivity index (χ1v) is 5.55. The van der Waals surface area contributed by atoms with Gasteiger partial charge in [0, 0.05) is 19.0 Å². The fourth-order valence-corrected chi connectivity index (χ4v) is 1.36. The van der Waals surface area contributed by atoms with Crippen molar-refractivity contribution in [3.8, 4) is 0 Å². The standard InChI is InChI=1S/C11H9F3N4O2/c12-11(13,14)10-17-8(18-20-10)3-4-9(19)16-7-2-1-5-15-6-7/h1-2,5-6H,3-4H2,(H,16,19). The lowest BCUT2D eigenvalue weighted by atomic mass is 10.3. The molecule has 2 heterocycles. The fraction of sp³-hybridized carbons (Fsp3) is 0.273. The first-order chi connectivity index (χ1) is 9.45. The molecule has 0 aliphatic rings. The first-order valence-electron chi connectivity index (χ1n) is 5.55. The Bertz CT molecular complexity index is 583. The lowest BCUT2D eigenvalue weighted by Crippen LogP contribution is -2.13. The number of nitrogens with zero attached hydrogens (tertiary/aromatic N) is 3. The second kappa shape index (κ2) is 5.68. The molecule has 0 bridgehead atoms. The van der Waals surface area contributed by atoms with Crippen LogP contribution in [0.25, 0.3) is 0 Å². The van der Waals surface area contributed by atoms with Gasteiger partial charge in [-0.2, -0.15) is 18.2 Å².